The topological polar surface area (TPSA) is 49.8 Å². The Hall–Kier alpha value is -2.95. The van der Waals surface area contributed by atoms with Crippen molar-refractivity contribution in [2.45, 2.75) is 6.54 Å². The molecule has 22 heavy (non-hydrogen) atoms. The zero-order chi connectivity index (χ0) is 15.2. The molecule has 2 aromatic carbocycles. The molecule has 1 aromatic heterocycles. The monoisotopic (exact) mass is 294 g/mol. The van der Waals surface area contributed by atoms with Gasteiger partial charge in [-0.1, -0.05) is 30.3 Å². The van der Waals surface area contributed by atoms with Gasteiger partial charge < -0.3 is 10.6 Å². The van der Waals surface area contributed by atoms with Crippen LogP contribution in [-0.4, -0.2) is 9.97 Å². The van der Waals surface area contributed by atoms with E-state index in [1.807, 2.05) is 36.4 Å². The molecule has 0 aliphatic carbocycles. The van der Waals surface area contributed by atoms with Crippen LogP contribution in [-0.2, 0) is 6.54 Å². The lowest BCUT2D eigenvalue weighted by Gasteiger charge is -2.08. The van der Waals surface area contributed by atoms with Crippen LogP contribution in [0.15, 0.2) is 67.0 Å². The third-order valence-corrected chi connectivity index (χ3v) is 3.10. The van der Waals surface area contributed by atoms with Gasteiger partial charge in [0.15, 0.2) is 0 Å². The summed E-state index contributed by atoms with van der Waals surface area (Å²) in [5.74, 6) is 1.11. The van der Waals surface area contributed by atoms with Gasteiger partial charge in [-0.3, -0.25) is 0 Å². The number of hydrogen-bond donors (Lipinski definition) is 2. The van der Waals surface area contributed by atoms with Crippen LogP contribution in [0.4, 0.5) is 21.7 Å². The molecule has 0 radical (unpaired) electrons. The summed E-state index contributed by atoms with van der Waals surface area (Å²) in [5.41, 5.74) is 1.95. The lowest BCUT2D eigenvalue weighted by molar-refractivity contribution is 0.628. The van der Waals surface area contributed by atoms with Gasteiger partial charge in [-0.15, -0.1) is 0 Å². The van der Waals surface area contributed by atoms with E-state index >= 15 is 0 Å². The summed E-state index contributed by atoms with van der Waals surface area (Å²) in [6, 6.07) is 18.0. The van der Waals surface area contributed by atoms with Crippen LogP contribution in [0.1, 0.15) is 5.56 Å². The van der Waals surface area contributed by atoms with Crippen molar-refractivity contribution in [3.63, 3.8) is 0 Å². The van der Waals surface area contributed by atoms with Crippen LogP contribution >= 0.6 is 0 Å². The van der Waals surface area contributed by atoms with Crippen molar-refractivity contribution in [2.75, 3.05) is 10.6 Å². The highest BCUT2D eigenvalue weighted by atomic mass is 19.1. The Kier molecular flexibility index (Phi) is 4.25. The maximum Gasteiger partial charge on any atom is 0.135 e. The van der Waals surface area contributed by atoms with Gasteiger partial charge in [0.25, 0.3) is 0 Å². The first-order valence-electron chi connectivity index (χ1n) is 6.92. The Balaban J connectivity index is 1.66. The minimum Gasteiger partial charge on any atom is -0.366 e. The average molecular weight is 294 g/mol. The highest BCUT2D eigenvalue weighted by Gasteiger charge is 2.00. The molecule has 0 saturated heterocycles. The van der Waals surface area contributed by atoms with Crippen LogP contribution in [0.2, 0.25) is 0 Å². The summed E-state index contributed by atoms with van der Waals surface area (Å²) < 4.78 is 12.9. The molecule has 0 aliphatic rings. The zero-order valence-electron chi connectivity index (χ0n) is 11.8. The van der Waals surface area contributed by atoms with Crippen molar-refractivity contribution in [3.8, 4) is 0 Å². The first kappa shape index (κ1) is 14.0. The first-order valence-corrected chi connectivity index (χ1v) is 6.92. The summed E-state index contributed by atoms with van der Waals surface area (Å²) in [7, 11) is 0. The average Bonchev–Trinajstić information content (AvgIpc) is 2.57. The van der Waals surface area contributed by atoms with E-state index in [0.29, 0.717) is 12.4 Å². The molecule has 0 unspecified atom stereocenters. The molecule has 4 nitrogen and oxygen atoms in total. The molecule has 1 heterocycles. The Morgan fingerprint density at radius 2 is 1.59 bits per heavy atom. The fourth-order valence-electron chi connectivity index (χ4n) is 1.99. The molecule has 0 saturated carbocycles. The SMILES string of the molecule is Fc1ccc(Nc2cc(NCc3ccccc3)ncn2)cc1. The molecular weight excluding hydrogens is 279 g/mol. The Labute approximate surface area is 128 Å². The maximum absolute atomic E-state index is 12.9. The van der Waals surface area contributed by atoms with Crippen LogP contribution < -0.4 is 10.6 Å². The Morgan fingerprint density at radius 1 is 0.864 bits per heavy atom. The summed E-state index contributed by atoms with van der Waals surface area (Å²) in [6.45, 7) is 0.688. The number of anilines is 3. The molecule has 2 N–H and O–H groups in total. The summed E-state index contributed by atoms with van der Waals surface area (Å²) in [5, 5.41) is 6.36. The van der Waals surface area contributed by atoms with Crippen molar-refractivity contribution in [1.29, 1.82) is 0 Å². The predicted molar refractivity (Wildman–Crippen MR) is 85.5 cm³/mol. The second-order valence-electron chi connectivity index (χ2n) is 4.76. The quantitative estimate of drug-likeness (QED) is 0.747. The number of hydrogen-bond acceptors (Lipinski definition) is 4. The molecule has 110 valence electrons. The van der Waals surface area contributed by atoms with E-state index in [2.05, 4.69) is 20.6 Å². The van der Waals surface area contributed by atoms with E-state index in [0.717, 1.165) is 11.5 Å². The smallest absolute Gasteiger partial charge is 0.135 e. The number of nitrogens with zero attached hydrogens (tertiary/aromatic N) is 2. The molecule has 0 bridgehead atoms. The molecule has 0 aliphatic heterocycles. The van der Waals surface area contributed by atoms with Gasteiger partial charge in [0.05, 0.1) is 0 Å². The summed E-state index contributed by atoms with van der Waals surface area (Å²) in [6.07, 6.45) is 1.49. The first-order chi connectivity index (χ1) is 10.8. The fourth-order valence-corrected chi connectivity index (χ4v) is 1.99. The van der Waals surface area contributed by atoms with Gasteiger partial charge in [-0.25, -0.2) is 14.4 Å². The molecule has 0 fully saturated rings. The van der Waals surface area contributed by atoms with Crippen LogP contribution in [0.3, 0.4) is 0 Å². The number of halogens is 1. The number of nitrogens with one attached hydrogen (secondary N) is 2. The molecular formula is C17H15FN4. The van der Waals surface area contributed by atoms with Crippen molar-refractivity contribution >= 4 is 17.3 Å². The molecule has 5 heteroatoms. The van der Waals surface area contributed by atoms with Crippen LogP contribution in [0.25, 0.3) is 0 Å². The van der Waals surface area contributed by atoms with Gasteiger partial charge in [0.1, 0.15) is 23.8 Å². The van der Waals surface area contributed by atoms with Crippen molar-refractivity contribution < 1.29 is 4.39 Å². The fraction of sp³-hybridized carbons (Fsp3) is 0.0588. The molecule has 3 aromatic rings. The standard InChI is InChI=1S/C17H15FN4/c18-14-6-8-15(9-7-14)22-17-10-16(20-12-21-17)19-11-13-4-2-1-3-5-13/h1-10,12H,11H2,(H2,19,20,21,22). The Bertz CT molecular complexity index is 729. The lowest BCUT2D eigenvalue weighted by Crippen LogP contribution is -2.03. The maximum atomic E-state index is 12.9. The Morgan fingerprint density at radius 3 is 2.36 bits per heavy atom. The van der Waals surface area contributed by atoms with E-state index in [4.69, 9.17) is 0 Å². The van der Waals surface area contributed by atoms with Crippen molar-refractivity contribution in [3.05, 3.63) is 78.4 Å². The van der Waals surface area contributed by atoms with Crippen molar-refractivity contribution in [1.82, 2.24) is 9.97 Å². The second kappa shape index (κ2) is 6.67. The summed E-state index contributed by atoms with van der Waals surface area (Å²) in [4.78, 5) is 8.34. The van der Waals surface area contributed by atoms with E-state index in [-0.39, 0.29) is 5.82 Å². The normalized spacial score (nSPS) is 10.2. The van der Waals surface area contributed by atoms with Crippen molar-refractivity contribution in [2.24, 2.45) is 0 Å². The predicted octanol–water partition coefficient (Wildman–Crippen LogP) is 3.97. The number of benzene rings is 2. The number of rotatable bonds is 5. The molecule has 0 spiro atoms. The van der Waals surface area contributed by atoms with E-state index in [9.17, 15) is 4.39 Å². The minimum atomic E-state index is -0.265. The van der Waals surface area contributed by atoms with Gasteiger partial charge in [-0.2, -0.15) is 0 Å². The third-order valence-electron chi connectivity index (χ3n) is 3.10. The molecule has 0 atom stereocenters. The van der Waals surface area contributed by atoms with Gasteiger partial charge in [0, 0.05) is 18.3 Å². The van der Waals surface area contributed by atoms with Gasteiger partial charge >= 0.3 is 0 Å². The van der Waals surface area contributed by atoms with Gasteiger partial charge in [-0.05, 0) is 29.8 Å². The van der Waals surface area contributed by atoms with Crippen LogP contribution in [0, 0.1) is 5.82 Å². The molecule has 3 rings (SSSR count). The zero-order valence-corrected chi connectivity index (χ0v) is 11.8. The number of aromatic nitrogens is 2. The third kappa shape index (κ3) is 3.79. The highest BCUT2D eigenvalue weighted by molar-refractivity contribution is 5.58. The van der Waals surface area contributed by atoms with E-state index in [1.165, 1.54) is 24.0 Å². The van der Waals surface area contributed by atoms with Crippen LogP contribution in [0.5, 0.6) is 0 Å². The largest absolute Gasteiger partial charge is 0.366 e. The van der Waals surface area contributed by atoms with Gasteiger partial charge in [0.2, 0.25) is 0 Å². The minimum absolute atomic E-state index is 0.265. The lowest BCUT2D eigenvalue weighted by atomic mass is 10.2. The van der Waals surface area contributed by atoms with E-state index in [1.54, 1.807) is 12.1 Å². The second-order valence-corrected chi connectivity index (χ2v) is 4.76. The highest BCUT2D eigenvalue weighted by Crippen LogP contribution is 2.17. The van der Waals surface area contributed by atoms with E-state index < -0.39 is 0 Å². The molecule has 0 amide bonds. The summed E-state index contributed by atoms with van der Waals surface area (Å²) >= 11 is 0.